The van der Waals surface area contributed by atoms with E-state index in [1.807, 2.05) is 30.3 Å². The number of halogens is 7. The molecule has 40 nitrogen and oxygen atoms in total. The molecule has 49 heteroatoms. The van der Waals surface area contributed by atoms with Gasteiger partial charge in [0.2, 0.25) is 11.8 Å². The van der Waals surface area contributed by atoms with E-state index in [0.29, 0.717) is 128 Å². The standard InChI is InChI=1S/C20H19N5O3.C20H17N5O2.C15H16N2O3.C14H16N4O2.C9H9NO4.C6H4ClNO.C6H11NO.4CH4.2Cl3OP.H4N2.H2O/c1-20(2)10-16-22-15-9-12(6-7-13(15)19(28)25(16)11-20)17(26)23-24-18(27)14-5-3-4-8-21-14;1-20(2)10-16-22-15-9-12(6-7-13(15)19(26)25(16)11-20)17-23-24-18(27-17)14-5-3-4-8-21-14;1-15(2)7-12-16-11-6-9(14(19)20-3)4-5-10(11)13(18)17(12)8-15;1-14(2)6-11-16-10-5-8(12(19)17-15)3-4-9(10)13(20)18(11)7-14;1-13-9(12)6-2-3-8(14-5-11)7(10)4-6;7-6(9)5-3-1-2-4-8-5;1-6(2)3-5(8)7-4-6;;;;;2*1-5(2,3)4;1-2;/h3-9H,10-11H2,1-2H3,(H,23,26)(H,24,27);3-9H,10-11H2,1-2H3;4-6H,7-8H2,1-3H3;3-5H,6-7,15H2,1-2H3,(H,17,19);2-5H,10H2,1H3;1-4H;3-4H2,1-2H3,(H,7,8);4*1H4;;;1-2H2;1H2. The van der Waals surface area contributed by atoms with Gasteiger partial charge in [0.05, 0.1) is 74.6 Å². The van der Waals surface area contributed by atoms with E-state index < -0.39 is 45.3 Å². The molecule has 13 heterocycles. The quantitative estimate of drug-likeness (QED) is 0.00921. The highest BCUT2D eigenvalue weighted by atomic mass is 36.1. The molecule has 0 radical (unpaired) electrons. The van der Waals surface area contributed by atoms with E-state index in [1.165, 1.54) is 50.9 Å². The maximum atomic E-state index is 12.8. The minimum atomic E-state index is -3.22. The van der Waals surface area contributed by atoms with Crippen LogP contribution in [0.5, 0.6) is 5.75 Å². The number of rotatable bonds is 10. The summed E-state index contributed by atoms with van der Waals surface area (Å²) in [6, 6.07) is 39.5. The molecule has 0 bridgehead atoms. The van der Waals surface area contributed by atoms with Crippen LogP contribution in [0, 0.1) is 27.1 Å². The van der Waals surface area contributed by atoms with E-state index in [9.17, 15) is 66.7 Å². The highest BCUT2D eigenvalue weighted by Gasteiger charge is 2.36. The molecule has 0 aliphatic carbocycles. The van der Waals surface area contributed by atoms with Crippen molar-refractivity contribution in [3.05, 3.63) is 263 Å². The summed E-state index contributed by atoms with van der Waals surface area (Å²) in [7, 11) is 2.61. The second-order valence-electron chi connectivity index (χ2n) is 35.0. The smallest absolute Gasteiger partial charge is 0.339 e. The number of hydrogen-bond donors (Lipinski definition) is 8. The molecule has 5 aliphatic rings. The largest absolute Gasteiger partial charge is 0.465 e. The number of nitrogens with two attached hydrogens (primary N) is 4. The number of esters is 2. The third-order valence-corrected chi connectivity index (χ3v) is 20.9. The zero-order chi connectivity index (χ0) is 102. The summed E-state index contributed by atoms with van der Waals surface area (Å²) in [5, 5.41) is 6.14. The van der Waals surface area contributed by atoms with Gasteiger partial charge in [-0.05, 0) is 234 Å². The SMILES string of the molecule is C.C.C.C.CC1(C)CNC(=O)C1.CC1(C)Cc2nc3cc(-c4nnc(-c5ccccn5)o4)ccc3c(=O)n2C1.CC1(C)Cc2nc3cc(C(=O)NN)ccc3c(=O)n2C1.CC1(C)Cc2nc3cc(C(=O)NNC(=O)c4ccccn4)ccc3c(=O)n2C1.COC(=O)c1ccc(OC=O)c(N)c1.COC(=O)c1ccc2c(=O)n3c(nc2c1)CC(C)(C)C3.NN.O.O=C(Cl)c1ccccn1.O=P(Cl)(Cl)Cl.O=P(Cl)(Cl)Cl. The molecule has 0 unspecified atom stereocenters. The van der Waals surface area contributed by atoms with Crippen LogP contribution in [0.25, 0.3) is 66.7 Å². The minimum absolute atomic E-state index is 0. The van der Waals surface area contributed by atoms with Crippen molar-refractivity contribution in [3.63, 3.8) is 0 Å². The highest BCUT2D eigenvalue weighted by molar-refractivity contribution is 8.25. The van der Waals surface area contributed by atoms with Crippen molar-refractivity contribution >= 4 is 186 Å². The van der Waals surface area contributed by atoms with E-state index in [4.69, 9.17) is 37.3 Å². The lowest BCUT2D eigenvalue weighted by Crippen LogP contribution is -2.41. The van der Waals surface area contributed by atoms with Gasteiger partial charge in [0.25, 0.3) is 57.6 Å². The van der Waals surface area contributed by atoms with Crippen molar-refractivity contribution in [2.75, 3.05) is 26.5 Å². The monoisotopic (exact) mass is 2150 g/mol. The average molecular weight is 2150 g/mol. The zero-order valence-electron chi connectivity index (χ0n) is 76.7. The van der Waals surface area contributed by atoms with Gasteiger partial charge in [-0.25, -0.2) is 35.4 Å². The molecule has 1 fully saturated rings. The van der Waals surface area contributed by atoms with E-state index in [-0.39, 0.29) is 114 Å². The highest BCUT2D eigenvalue weighted by Crippen LogP contribution is 2.62. The molecule has 18 rings (SSSR count). The van der Waals surface area contributed by atoms with Crippen molar-refractivity contribution in [2.45, 2.75) is 157 Å². The van der Waals surface area contributed by atoms with Crippen LogP contribution < -0.4 is 71.8 Å². The van der Waals surface area contributed by atoms with Crippen LogP contribution in [-0.2, 0) is 80.1 Å². The molecule has 13 aromatic rings. The van der Waals surface area contributed by atoms with Crippen LogP contribution in [-0.4, -0.2) is 137 Å². The summed E-state index contributed by atoms with van der Waals surface area (Å²) in [6.45, 7) is 24.9. The third-order valence-electron chi connectivity index (χ3n) is 20.7. The summed E-state index contributed by atoms with van der Waals surface area (Å²) in [5.74, 6) is 15.0. The number of pyridine rings is 3. The second kappa shape index (κ2) is 52.6. The fraction of sp³-hybridized carbons (Fsp3) is 0.330. The number of anilines is 1. The van der Waals surface area contributed by atoms with Crippen LogP contribution in [0.3, 0.4) is 0 Å². The van der Waals surface area contributed by atoms with Gasteiger partial charge in [-0.1, -0.05) is 117 Å². The first-order chi connectivity index (χ1) is 64.7. The van der Waals surface area contributed by atoms with E-state index in [1.54, 1.807) is 115 Å². The van der Waals surface area contributed by atoms with Crippen LogP contribution in [0.2, 0.25) is 0 Å². The Balaban J connectivity index is 0.000000349. The molecule has 4 amide bonds. The van der Waals surface area contributed by atoms with Gasteiger partial charge in [0.15, 0.2) is 5.75 Å². The van der Waals surface area contributed by atoms with Gasteiger partial charge < -0.3 is 35.2 Å². The lowest BCUT2D eigenvalue weighted by molar-refractivity contribution is -0.121. The topological polar surface area (TPSA) is 599 Å². The van der Waals surface area contributed by atoms with E-state index >= 15 is 0 Å². The third kappa shape index (κ3) is 34.6. The Labute approximate surface area is 856 Å². The predicted molar refractivity (Wildman–Crippen MR) is 557 cm³/mol. The first-order valence-electron chi connectivity index (χ1n) is 41.4. The Morgan fingerprint density at radius 3 is 1.14 bits per heavy atom. The number of hydrogen-bond acceptors (Lipinski definition) is 31. The molecule has 5 aliphatic heterocycles. The summed E-state index contributed by atoms with van der Waals surface area (Å²) < 4.78 is 45.5. The lowest BCUT2D eigenvalue weighted by atomic mass is 9.92. The van der Waals surface area contributed by atoms with Crippen LogP contribution >= 0.6 is 89.4 Å². The molecule has 14 N–H and O–H groups in total. The Morgan fingerprint density at radius 1 is 0.455 bits per heavy atom. The van der Waals surface area contributed by atoms with Gasteiger partial charge >= 0.3 is 22.3 Å². The van der Waals surface area contributed by atoms with Gasteiger partial charge in [0.1, 0.15) is 40.4 Å². The summed E-state index contributed by atoms with van der Waals surface area (Å²) in [4.78, 5) is 170. The van der Waals surface area contributed by atoms with Crippen LogP contribution in [0.15, 0.2) is 188 Å². The number of carbonyl (C=O) groups is 8. The molecule has 768 valence electrons. The molecule has 5 aromatic carbocycles. The molecule has 143 heavy (non-hydrogen) atoms. The Kier molecular flexibility index (Phi) is 45.1. The molecule has 0 spiro atoms. The van der Waals surface area contributed by atoms with Crippen molar-refractivity contribution in [3.8, 4) is 28.8 Å². The number of nitrogens with one attached hydrogen (secondary N) is 4. The fourth-order valence-electron chi connectivity index (χ4n) is 14.7. The first kappa shape index (κ1) is 123. The number of aromatic nitrogens is 13. The number of ether oxygens (including phenoxy) is 3. The molecule has 0 saturated carbocycles. The number of amides is 4. The van der Waals surface area contributed by atoms with E-state index in [0.717, 1.165) is 54.7 Å². The van der Waals surface area contributed by atoms with Crippen molar-refractivity contribution < 1.29 is 71.6 Å². The number of fused-ring (bicyclic) bond motifs is 8. The van der Waals surface area contributed by atoms with Crippen LogP contribution in [0.1, 0.15) is 191 Å². The van der Waals surface area contributed by atoms with Gasteiger partial charge in [-0.3, -0.25) is 118 Å². The number of methoxy groups -OCH3 is 2. The maximum absolute atomic E-state index is 12.8. The summed E-state index contributed by atoms with van der Waals surface area (Å²) in [6.07, 6.45) is 8.38. The van der Waals surface area contributed by atoms with Crippen LogP contribution in [0.4, 0.5) is 5.69 Å². The molecular formula is C94H114Cl7N21O19P2. The van der Waals surface area contributed by atoms with Crippen molar-refractivity contribution in [1.29, 1.82) is 0 Å². The second-order valence-corrected chi connectivity index (χ2v) is 48.7. The van der Waals surface area contributed by atoms with Gasteiger partial charge in [0, 0.05) is 100 Å². The average Bonchev–Trinajstić information content (AvgIpc) is 1.66. The number of nitrogen functional groups attached to an aromatic ring is 2. The summed E-state index contributed by atoms with van der Waals surface area (Å²) >= 11 is 32.8. The van der Waals surface area contributed by atoms with Crippen molar-refractivity contribution in [2.24, 2.45) is 44.6 Å². The Hall–Kier alpha value is -12.7. The van der Waals surface area contributed by atoms with E-state index in [2.05, 4.69) is 220 Å². The molecule has 1 saturated heterocycles. The number of hydrazine groups is 3. The predicted octanol–water partition coefficient (Wildman–Crippen LogP) is 15.6. The fourth-order valence-corrected chi connectivity index (χ4v) is 14.8. The number of benzene rings is 5. The lowest BCUT2D eigenvalue weighted by Gasteiger charge is -2.13. The molecule has 8 aromatic heterocycles. The summed E-state index contributed by atoms with van der Waals surface area (Å²) in [5.41, 5.74) is 18.1. The zero-order valence-corrected chi connectivity index (χ0v) is 83.8. The molecular weight excluding hydrogens is 2040 g/mol. The van der Waals surface area contributed by atoms with Crippen molar-refractivity contribution in [1.82, 2.24) is 84.9 Å². The number of carbonyl (C=O) groups excluding carboxylic acids is 8. The minimum Gasteiger partial charge on any atom is -0.465 e. The van der Waals surface area contributed by atoms with Gasteiger partial charge in [-0.2, -0.15) is 0 Å². The Morgan fingerprint density at radius 2 is 0.804 bits per heavy atom. The molecule has 0 atom stereocenters. The number of nitrogens with zero attached hydrogens (tertiary/aromatic N) is 13. The normalized spacial score (nSPS) is 14.0. The first-order valence-corrected chi connectivity index (χ1v) is 50.7. The Bertz CT molecular complexity index is 6960. The maximum Gasteiger partial charge on any atom is 0.339 e. The van der Waals surface area contributed by atoms with Gasteiger partial charge in [-0.15, -0.1) is 10.2 Å².